The molecule has 3 aliphatic heterocycles. The van der Waals surface area contributed by atoms with Gasteiger partial charge in [0.1, 0.15) is 18.1 Å². The lowest BCUT2D eigenvalue weighted by atomic mass is 9.89. The number of nitrogens with zero attached hydrogens (tertiary/aromatic N) is 5. The molecule has 1 spiro atoms. The van der Waals surface area contributed by atoms with Gasteiger partial charge in [-0.3, -0.25) is 4.79 Å². The SMILES string of the molecule is Cc1cc(N2CCC3(CC2)O[C@@H]2CC[C@@H](C4=CCCC=C4)N2C3=O)nc(C#N)n1. The van der Waals surface area contributed by atoms with Gasteiger partial charge in [-0.2, -0.15) is 5.26 Å². The highest BCUT2D eigenvalue weighted by atomic mass is 16.6. The molecule has 1 amide bonds. The molecule has 3 saturated heterocycles. The van der Waals surface area contributed by atoms with Crippen LogP contribution in [0.3, 0.4) is 0 Å². The summed E-state index contributed by atoms with van der Waals surface area (Å²) in [5.74, 6) is 1.09. The minimum absolute atomic E-state index is 0.0956. The van der Waals surface area contributed by atoms with E-state index < -0.39 is 5.60 Å². The van der Waals surface area contributed by atoms with Crippen LogP contribution in [0.25, 0.3) is 0 Å². The minimum atomic E-state index is -0.709. The quantitative estimate of drug-likeness (QED) is 0.771. The van der Waals surface area contributed by atoms with E-state index in [4.69, 9.17) is 10.00 Å². The molecule has 0 N–H and O–H groups in total. The number of aromatic nitrogens is 2. The van der Waals surface area contributed by atoms with Gasteiger partial charge in [-0.25, -0.2) is 9.97 Å². The van der Waals surface area contributed by atoms with Crippen LogP contribution < -0.4 is 4.90 Å². The number of piperidine rings is 1. The Kier molecular flexibility index (Phi) is 4.39. The Labute approximate surface area is 170 Å². The number of amides is 1. The number of fused-ring (bicyclic) bond motifs is 1. The molecular weight excluding hydrogens is 366 g/mol. The van der Waals surface area contributed by atoms with Gasteiger partial charge in [0.05, 0.1) is 6.04 Å². The fourth-order valence-corrected chi connectivity index (χ4v) is 5.11. The Morgan fingerprint density at radius 1 is 1.24 bits per heavy atom. The van der Waals surface area contributed by atoms with Crippen LogP contribution in [-0.4, -0.2) is 51.7 Å². The van der Waals surface area contributed by atoms with E-state index in [-0.39, 0.29) is 24.0 Å². The van der Waals surface area contributed by atoms with E-state index in [9.17, 15) is 4.79 Å². The third kappa shape index (κ3) is 3.03. The Hall–Kier alpha value is -2.72. The van der Waals surface area contributed by atoms with Crippen molar-refractivity contribution >= 4 is 11.7 Å². The Morgan fingerprint density at radius 3 is 2.79 bits per heavy atom. The second-order valence-corrected chi connectivity index (χ2v) is 8.35. The second-order valence-electron chi connectivity index (χ2n) is 8.35. The van der Waals surface area contributed by atoms with E-state index in [0.29, 0.717) is 25.9 Å². The molecule has 7 heteroatoms. The number of hydrogen-bond acceptors (Lipinski definition) is 6. The highest BCUT2D eigenvalue weighted by Gasteiger charge is 2.58. The minimum Gasteiger partial charge on any atom is -0.356 e. The summed E-state index contributed by atoms with van der Waals surface area (Å²) in [6.07, 6.45) is 11.9. The first-order valence-electron chi connectivity index (χ1n) is 10.5. The Balaban J connectivity index is 1.32. The van der Waals surface area contributed by atoms with Crippen molar-refractivity contribution in [2.75, 3.05) is 18.0 Å². The predicted molar refractivity (Wildman–Crippen MR) is 107 cm³/mol. The first-order valence-corrected chi connectivity index (χ1v) is 10.5. The van der Waals surface area contributed by atoms with E-state index in [1.807, 2.05) is 24.0 Å². The zero-order valence-electron chi connectivity index (χ0n) is 16.7. The molecule has 1 aromatic heterocycles. The summed E-state index contributed by atoms with van der Waals surface area (Å²) in [5.41, 5.74) is 1.34. The molecule has 7 nitrogen and oxygen atoms in total. The number of hydrogen-bond donors (Lipinski definition) is 0. The van der Waals surface area contributed by atoms with Crippen molar-refractivity contribution in [2.45, 2.75) is 63.3 Å². The van der Waals surface area contributed by atoms with E-state index in [2.05, 4.69) is 33.1 Å². The van der Waals surface area contributed by atoms with Crippen molar-refractivity contribution in [1.82, 2.24) is 14.9 Å². The molecule has 0 radical (unpaired) electrons. The van der Waals surface area contributed by atoms with Crippen molar-refractivity contribution in [3.05, 3.63) is 41.4 Å². The van der Waals surface area contributed by atoms with Gasteiger partial charge < -0.3 is 14.5 Å². The van der Waals surface area contributed by atoms with Gasteiger partial charge in [0, 0.05) is 37.7 Å². The number of anilines is 1. The van der Waals surface area contributed by atoms with Gasteiger partial charge >= 0.3 is 0 Å². The molecule has 150 valence electrons. The van der Waals surface area contributed by atoms with Gasteiger partial charge in [0.2, 0.25) is 5.82 Å². The number of ether oxygens (including phenoxy) is 1. The largest absolute Gasteiger partial charge is 0.356 e. The van der Waals surface area contributed by atoms with Crippen LogP contribution in [0.2, 0.25) is 0 Å². The number of nitriles is 1. The summed E-state index contributed by atoms with van der Waals surface area (Å²) in [6.45, 7) is 3.23. The highest BCUT2D eigenvalue weighted by molar-refractivity contribution is 5.88. The lowest BCUT2D eigenvalue weighted by Gasteiger charge is -2.38. The first-order chi connectivity index (χ1) is 14.1. The van der Waals surface area contributed by atoms with Crippen LogP contribution in [0.5, 0.6) is 0 Å². The smallest absolute Gasteiger partial charge is 0.257 e. The normalized spacial score (nSPS) is 27.9. The van der Waals surface area contributed by atoms with Crippen LogP contribution in [0.15, 0.2) is 29.9 Å². The summed E-state index contributed by atoms with van der Waals surface area (Å²) in [6, 6.07) is 4.07. The standard InChI is InChI=1S/C22H25N5O2/c1-15-13-19(25-18(14-23)24-15)26-11-9-22(10-12-26)21(28)27-17(7-8-20(27)29-22)16-5-3-2-4-6-16/h3,5-6,13,17,20H,2,4,7-12H2,1H3/t17-,20+/m0/s1. The second kappa shape index (κ2) is 6.96. The van der Waals surface area contributed by atoms with Crippen LogP contribution >= 0.6 is 0 Å². The molecule has 1 aromatic rings. The average molecular weight is 391 g/mol. The summed E-state index contributed by atoms with van der Waals surface area (Å²) in [4.78, 5) is 26.1. The molecule has 3 fully saturated rings. The fraction of sp³-hybridized carbons (Fsp3) is 0.545. The average Bonchev–Trinajstić information content (AvgIpc) is 3.27. The molecular formula is C22H25N5O2. The van der Waals surface area contributed by atoms with Crippen molar-refractivity contribution in [1.29, 1.82) is 5.26 Å². The molecule has 0 saturated carbocycles. The first kappa shape index (κ1) is 18.3. The molecule has 1 aliphatic carbocycles. The molecule has 4 aliphatic rings. The van der Waals surface area contributed by atoms with Gasteiger partial charge in [-0.15, -0.1) is 0 Å². The third-order valence-corrected chi connectivity index (χ3v) is 6.56. The van der Waals surface area contributed by atoms with Crippen LogP contribution in [0.4, 0.5) is 5.82 Å². The zero-order chi connectivity index (χ0) is 20.0. The summed E-state index contributed by atoms with van der Waals surface area (Å²) in [5, 5.41) is 9.14. The summed E-state index contributed by atoms with van der Waals surface area (Å²) < 4.78 is 6.41. The monoisotopic (exact) mass is 391 g/mol. The summed E-state index contributed by atoms with van der Waals surface area (Å²) in [7, 11) is 0. The van der Waals surface area contributed by atoms with Crippen LogP contribution in [0, 0.1) is 18.3 Å². The van der Waals surface area contributed by atoms with Crippen molar-refractivity contribution in [3.63, 3.8) is 0 Å². The molecule has 0 aromatic carbocycles. The maximum Gasteiger partial charge on any atom is 0.257 e. The molecule has 2 atom stereocenters. The van der Waals surface area contributed by atoms with Crippen molar-refractivity contribution < 1.29 is 9.53 Å². The van der Waals surface area contributed by atoms with E-state index in [0.717, 1.165) is 37.2 Å². The fourth-order valence-electron chi connectivity index (χ4n) is 5.11. The summed E-state index contributed by atoms with van der Waals surface area (Å²) >= 11 is 0. The number of allylic oxidation sites excluding steroid dienone is 2. The van der Waals surface area contributed by atoms with Crippen LogP contribution in [-0.2, 0) is 9.53 Å². The van der Waals surface area contributed by atoms with E-state index in [1.165, 1.54) is 5.57 Å². The maximum atomic E-state index is 13.5. The van der Waals surface area contributed by atoms with Gasteiger partial charge in [-0.1, -0.05) is 18.2 Å². The number of aryl methyl sites for hydroxylation is 1. The lowest BCUT2D eigenvalue weighted by molar-refractivity contribution is -0.140. The maximum absolute atomic E-state index is 13.5. The topological polar surface area (TPSA) is 82.4 Å². The predicted octanol–water partition coefficient (Wildman–Crippen LogP) is 2.62. The van der Waals surface area contributed by atoms with Crippen LogP contribution in [0.1, 0.15) is 50.0 Å². The zero-order valence-corrected chi connectivity index (χ0v) is 16.7. The van der Waals surface area contributed by atoms with Gasteiger partial charge in [0.25, 0.3) is 5.91 Å². The molecule has 5 rings (SSSR count). The van der Waals surface area contributed by atoms with E-state index >= 15 is 0 Å². The molecule has 29 heavy (non-hydrogen) atoms. The Bertz CT molecular complexity index is 939. The van der Waals surface area contributed by atoms with Gasteiger partial charge in [-0.05, 0) is 38.2 Å². The molecule has 4 heterocycles. The number of rotatable bonds is 2. The van der Waals surface area contributed by atoms with Gasteiger partial charge in [0.15, 0.2) is 5.60 Å². The molecule has 0 bridgehead atoms. The Morgan fingerprint density at radius 2 is 2.07 bits per heavy atom. The number of carbonyl (C=O) groups is 1. The molecule has 0 unspecified atom stereocenters. The number of carbonyl (C=O) groups excluding carboxylic acids is 1. The lowest BCUT2D eigenvalue weighted by Crippen LogP contribution is -2.51. The van der Waals surface area contributed by atoms with E-state index in [1.54, 1.807) is 0 Å². The highest BCUT2D eigenvalue weighted by Crippen LogP contribution is 2.45. The van der Waals surface area contributed by atoms with Crippen molar-refractivity contribution in [2.24, 2.45) is 0 Å². The third-order valence-electron chi connectivity index (χ3n) is 6.56. The van der Waals surface area contributed by atoms with Crippen molar-refractivity contribution in [3.8, 4) is 6.07 Å².